The number of hydrogen-bond donors (Lipinski definition) is 1. The van der Waals surface area contributed by atoms with E-state index < -0.39 is 0 Å². The number of aryl methyl sites for hydroxylation is 1. The Balaban J connectivity index is 2.17. The molecule has 0 amide bonds. The van der Waals surface area contributed by atoms with Crippen LogP contribution in [0.15, 0.2) is 27.5 Å². The van der Waals surface area contributed by atoms with Crippen LogP contribution in [-0.2, 0) is 0 Å². The van der Waals surface area contributed by atoms with Gasteiger partial charge in [-0.25, -0.2) is 4.98 Å². The molecule has 5 heteroatoms. The number of aromatic amines is 1. The molecular weight excluding hydrogens is 320 g/mol. The van der Waals surface area contributed by atoms with Gasteiger partial charge in [-0.15, -0.1) is 0 Å². The lowest BCUT2D eigenvalue weighted by Gasteiger charge is -2.10. The molecule has 0 bridgehead atoms. The number of rotatable bonds is 3. The molecule has 0 atom stereocenters. The largest absolute Gasteiger partial charge is 0.496 e. The van der Waals surface area contributed by atoms with Crippen molar-refractivity contribution in [3.05, 3.63) is 44.3 Å². The molecule has 0 spiro atoms. The lowest BCUT2D eigenvalue weighted by atomic mass is 10.1. The molecule has 1 saturated carbocycles. The number of ether oxygens (including phenoxy) is 1. The molecule has 20 heavy (non-hydrogen) atoms. The monoisotopic (exact) mass is 334 g/mol. The van der Waals surface area contributed by atoms with Crippen LogP contribution in [-0.4, -0.2) is 17.1 Å². The van der Waals surface area contributed by atoms with Gasteiger partial charge in [0, 0.05) is 5.92 Å². The fourth-order valence-corrected chi connectivity index (χ4v) is 2.74. The van der Waals surface area contributed by atoms with Gasteiger partial charge in [0.25, 0.3) is 5.56 Å². The number of nitrogens with one attached hydrogen (secondary N) is 1. The number of aromatic nitrogens is 2. The van der Waals surface area contributed by atoms with E-state index in [1.165, 1.54) is 0 Å². The first-order valence-electron chi connectivity index (χ1n) is 6.55. The normalized spacial score (nSPS) is 14.3. The van der Waals surface area contributed by atoms with E-state index in [-0.39, 0.29) is 5.56 Å². The molecule has 1 aliphatic rings. The van der Waals surface area contributed by atoms with Crippen molar-refractivity contribution in [3.63, 3.8) is 0 Å². The lowest BCUT2D eigenvalue weighted by Crippen LogP contribution is -2.13. The van der Waals surface area contributed by atoms with Crippen molar-refractivity contribution in [3.8, 4) is 17.1 Å². The molecule has 1 aliphatic carbocycles. The molecule has 0 saturated heterocycles. The number of halogens is 1. The lowest BCUT2D eigenvalue weighted by molar-refractivity contribution is 0.416. The molecule has 4 nitrogen and oxygen atoms in total. The average Bonchev–Trinajstić information content (AvgIpc) is 3.26. The van der Waals surface area contributed by atoms with Crippen molar-refractivity contribution in [1.82, 2.24) is 9.97 Å². The van der Waals surface area contributed by atoms with Gasteiger partial charge in [-0.3, -0.25) is 4.79 Å². The minimum atomic E-state index is -0.139. The van der Waals surface area contributed by atoms with E-state index in [9.17, 15) is 4.79 Å². The van der Waals surface area contributed by atoms with Gasteiger partial charge in [0.2, 0.25) is 0 Å². The highest BCUT2D eigenvalue weighted by molar-refractivity contribution is 9.10. The van der Waals surface area contributed by atoms with E-state index in [2.05, 4.69) is 25.9 Å². The summed E-state index contributed by atoms with van der Waals surface area (Å²) in [7, 11) is 1.62. The summed E-state index contributed by atoms with van der Waals surface area (Å²) in [5, 5.41) is 0. The summed E-state index contributed by atoms with van der Waals surface area (Å²) in [5.74, 6) is 1.69. The van der Waals surface area contributed by atoms with Crippen LogP contribution in [0.25, 0.3) is 11.4 Å². The van der Waals surface area contributed by atoms with Crippen LogP contribution in [0.3, 0.4) is 0 Å². The SMILES string of the molecule is COc1cc(C)ccc1-c1nc(C2CC2)c(Br)c(=O)[nH]1. The zero-order valence-corrected chi connectivity index (χ0v) is 13.0. The molecule has 1 N–H and O–H groups in total. The first-order valence-corrected chi connectivity index (χ1v) is 7.34. The second-order valence-electron chi connectivity index (χ2n) is 5.09. The van der Waals surface area contributed by atoms with E-state index in [0.29, 0.717) is 16.2 Å². The van der Waals surface area contributed by atoms with Gasteiger partial charge in [0.05, 0.1) is 18.4 Å². The average molecular weight is 335 g/mol. The fraction of sp³-hybridized carbons (Fsp3) is 0.333. The second kappa shape index (κ2) is 5.05. The first kappa shape index (κ1) is 13.4. The quantitative estimate of drug-likeness (QED) is 0.935. The summed E-state index contributed by atoms with van der Waals surface area (Å²) in [6, 6.07) is 5.85. The number of H-pyrrole nitrogens is 1. The zero-order valence-electron chi connectivity index (χ0n) is 11.4. The minimum Gasteiger partial charge on any atom is -0.496 e. The van der Waals surface area contributed by atoms with Crippen LogP contribution in [0.2, 0.25) is 0 Å². The molecule has 104 valence electrons. The number of benzene rings is 1. The maximum Gasteiger partial charge on any atom is 0.265 e. The molecule has 1 aromatic carbocycles. The predicted octanol–water partition coefficient (Wildman–Crippen LogP) is 3.39. The molecule has 1 heterocycles. The third-order valence-corrected chi connectivity index (χ3v) is 4.23. The van der Waals surface area contributed by atoms with Crippen LogP contribution in [0, 0.1) is 6.92 Å². The van der Waals surface area contributed by atoms with Gasteiger partial charge in [0.1, 0.15) is 16.0 Å². The highest BCUT2D eigenvalue weighted by atomic mass is 79.9. The summed E-state index contributed by atoms with van der Waals surface area (Å²) in [6.45, 7) is 2.00. The molecular formula is C15H15BrN2O2. The van der Waals surface area contributed by atoms with Crippen LogP contribution < -0.4 is 10.3 Å². The molecule has 3 rings (SSSR count). The summed E-state index contributed by atoms with van der Waals surface area (Å²) >= 11 is 3.34. The van der Waals surface area contributed by atoms with Crippen LogP contribution >= 0.6 is 15.9 Å². The van der Waals surface area contributed by atoms with Crippen molar-refractivity contribution < 1.29 is 4.74 Å². The second-order valence-corrected chi connectivity index (χ2v) is 5.88. The smallest absolute Gasteiger partial charge is 0.265 e. The summed E-state index contributed by atoms with van der Waals surface area (Å²) in [4.78, 5) is 19.5. The summed E-state index contributed by atoms with van der Waals surface area (Å²) in [5.41, 5.74) is 2.63. The number of hydrogen-bond acceptors (Lipinski definition) is 3. The first-order chi connectivity index (χ1) is 9.60. The van der Waals surface area contributed by atoms with Crippen molar-refractivity contribution in [2.24, 2.45) is 0 Å². The number of nitrogens with zero attached hydrogens (tertiary/aromatic N) is 1. The van der Waals surface area contributed by atoms with E-state index in [0.717, 1.165) is 35.4 Å². The Morgan fingerprint density at radius 1 is 1.40 bits per heavy atom. The van der Waals surface area contributed by atoms with Gasteiger partial charge >= 0.3 is 0 Å². The van der Waals surface area contributed by atoms with Gasteiger partial charge in [-0.2, -0.15) is 0 Å². The molecule has 0 radical (unpaired) electrons. The minimum absolute atomic E-state index is 0.139. The third-order valence-electron chi connectivity index (χ3n) is 3.46. The van der Waals surface area contributed by atoms with Crippen molar-refractivity contribution >= 4 is 15.9 Å². The van der Waals surface area contributed by atoms with Gasteiger partial charge in [0.15, 0.2) is 0 Å². The van der Waals surface area contributed by atoms with E-state index in [1.807, 2.05) is 25.1 Å². The number of methoxy groups -OCH3 is 1. The molecule has 2 aromatic rings. The summed E-state index contributed by atoms with van der Waals surface area (Å²) < 4.78 is 5.94. The summed E-state index contributed by atoms with van der Waals surface area (Å²) in [6.07, 6.45) is 2.19. The van der Waals surface area contributed by atoms with Gasteiger partial charge in [-0.05, 0) is 53.4 Å². The van der Waals surface area contributed by atoms with Crippen LogP contribution in [0.5, 0.6) is 5.75 Å². The highest BCUT2D eigenvalue weighted by Crippen LogP contribution is 2.42. The maximum atomic E-state index is 12.0. The van der Waals surface area contributed by atoms with Crippen LogP contribution in [0.4, 0.5) is 0 Å². The topological polar surface area (TPSA) is 55.0 Å². The highest BCUT2D eigenvalue weighted by Gasteiger charge is 2.29. The Bertz CT molecular complexity index is 720. The molecule has 1 aromatic heterocycles. The standard InChI is InChI=1S/C15H15BrN2O2/c1-8-3-6-10(11(7-8)20-2)14-17-13(9-4-5-9)12(16)15(19)18-14/h3,6-7,9H,4-5H2,1-2H3,(H,17,18,19). The van der Waals surface area contributed by atoms with Gasteiger partial charge < -0.3 is 9.72 Å². The molecule has 0 unspecified atom stereocenters. The maximum absolute atomic E-state index is 12.0. The van der Waals surface area contributed by atoms with E-state index in [1.54, 1.807) is 7.11 Å². The van der Waals surface area contributed by atoms with Crippen LogP contribution in [0.1, 0.15) is 30.0 Å². The molecule has 0 aliphatic heterocycles. The van der Waals surface area contributed by atoms with E-state index >= 15 is 0 Å². The Hall–Kier alpha value is -1.62. The Morgan fingerprint density at radius 2 is 2.15 bits per heavy atom. The van der Waals surface area contributed by atoms with Gasteiger partial charge in [-0.1, -0.05) is 6.07 Å². The predicted molar refractivity (Wildman–Crippen MR) is 81.3 cm³/mol. The van der Waals surface area contributed by atoms with Crippen molar-refractivity contribution in [2.45, 2.75) is 25.7 Å². The Labute approximate surface area is 125 Å². The van der Waals surface area contributed by atoms with E-state index in [4.69, 9.17) is 4.74 Å². The third kappa shape index (κ3) is 2.38. The van der Waals surface area contributed by atoms with Crippen molar-refractivity contribution in [1.29, 1.82) is 0 Å². The Kier molecular flexibility index (Phi) is 3.38. The van der Waals surface area contributed by atoms with Crippen molar-refractivity contribution in [2.75, 3.05) is 7.11 Å². The Morgan fingerprint density at radius 3 is 2.80 bits per heavy atom. The molecule has 1 fully saturated rings. The zero-order chi connectivity index (χ0) is 14.3. The fourth-order valence-electron chi connectivity index (χ4n) is 2.23.